The number of pyridine rings is 1. The highest BCUT2D eigenvalue weighted by Crippen LogP contribution is 2.08. The molecule has 0 bridgehead atoms. The quantitative estimate of drug-likeness (QED) is 0.420. The molecule has 0 spiro atoms. The van der Waals surface area contributed by atoms with Gasteiger partial charge in [0.1, 0.15) is 0 Å². The summed E-state index contributed by atoms with van der Waals surface area (Å²) in [5.41, 5.74) is 9.01. The van der Waals surface area contributed by atoms with Gasteiger partial charge in [0.25, 0.3) is 0 Å². The molecule has 78 valence electrons. The van der Waals surface area contributed by atoms with Crippen LogP contribution >= 0.6 is 0 Å². The summed E-state index contributed by atoms with van der Waals surface area (Å²) in [6.07, 6.45) is 5.33. The Labute approximate surface area is 88.0 Å². The second kappa shape index (κ2) is 6.45. The monoisotopic (exact) mass is 204 g/mol. The highest BCUT2D eigenvalue weighted by Gasteiger charge is 1.92. The first-order valence-corrected chi connectivity index (χ1v) is 4.63. The van der Waals surface area contributed by atoms with Gasteiger partial charge in [-0.25, -0.2) is 4.98 Å². The van der Waals surface area contributed by atoms with Gasteiger partial charge in [0, 0.05) is 23.7 Å². The lowest BCUT2D eigenvalue weighted by atomic mass is 10.2. The minimum absolute atomic E-state index is 0.351. The van der Waals surface area contributed by atoms with Crippen molar-refractivity contribution >= 4 is 6.08 Å². The summed E-state index contributed by atoms with van der Waals surface area (Å²) >= 11 is 0. The average molecular weight is 204 g/mol. The fourth-order valence-electron chi connectivity index (χ4n) is 0.996. The van der Waals surface area contributed by atoms with Crippen molar-refractivity contribution in [3.8, 4) is 5.88 Å². The van der Waals surface area contributed by atoms with Crippen molar-refractivity contribution in [3.63, 3.8) is 0 Å². The van der Waals surface area contributed by atoms with E-state index in [1.807, 2.05) is 19.1 Å². The fourth-order valence-corrected chi connectivity index (χ4v) is 0.996. The highest BCUT2D eigenvalue weighted by molar-refractivity contribution is 5.48. The van der Waals surface area contributed by atoms with Crippen molar-refractivity contribution < 1.29 is 4.74 Å². The molecule has 0 unspecified atom stereocenters. The van der Waals surface area contributed by atoms with E-state index in [1.54, 1.807) is 18.3 Å². The predicted octanol–water partition coefficient (Wildman–Crippen LogP) is 2.80. The minimum Gasteiger partial charge on any atom is -0.478 e. The highest BCUT2D eigenvalue weighted by atomic mass is 16.5. The van der Waals surface area contributed by atoms with Crippen LogP contribution in [0.15, 0.2) is 29.5 Å². The summed E-state index contributed by atoms with van der Waals surface area (Å²) in [5, 5.41) is 3.38. The fraction of sp³-hybridized carbons (Fsp3) is 0.300. The van der Waals surface area contributed by atoms with Gasteiger partial charge in [0.2, 0.25) is 5.88 Å². The molecule has 0 saturated heterocycles. The molecule has 0 N–H and O–H groups in total. The molecular weight excluding hydrogens is 192 g/mol. The second-order valence-corrected chi connectivity index (χ2v) is 2.68. The van der Waals surface area contributed by atoms with E-state index in [0.717, 1.165) is 5.56 Å². The number of azide groups is 1. The van der Waals surface area contributed by atoms with Gasteiger partial charge in [-0.1, -0.05) is 17.3 Å². The van der Waals surface area contributed by atoms with Gasteiger partial charge in [-0.3, -0.25) is 0 Å². The molecule has 5 nitrogen and oxygen atoms in total. The maximum Gasteiger partial charge on any atom is 0.213 e. The molecule has 1 aromatic heterocycles. The lowest BCUT2D eigenvalue weighted by Crippen LogP contribution is -1.93. The zero-order valence-electron chi connectivity index (χ0n) is 8.50. The third-order valence-electron chi connectivity index (χ3n) is 1.61. The van der Waals surface area contributed by atoms with Gasteiger partial charge in [0.05, 0.1) is 6.61 Å². The van der Waals surface area contributed by atoms with Crippen molar-refractivity contribution in [1.82, 2.24) is 4.98 Å². The maximum atomic E-state index is 8.05. The van der Waals surface area contributed by atoms with Crippen LogP contribution in [0.2, 0.25) is 0 Å². The summed E-state index contributed by atoms with van der Waals surface area (Å²) in [7, 11) is 0. The Hall–Kier alpha value is -2.00. The Balaban J connectivity index is 2.55. The van der Waals surface area contributed by atoms with Crippen LogP contribution < -0.4 is 4.74 Å². The van der Waals surface area contributed by atoms with Crippen LogP contribution in [0.25, 0.3) is 16.5 Å². The molecule has 1 rings (SSSR count). The van der Waals surface area contributed by atoms with E-state index in [9.17, 15) is 0 Å². The molecule has 0 aliphatic rings. The number of nitrogens with zero attached hydrogens (tertiary/aromatic N) is 4. The van der Waals surface area contributed by atoms with Crippen LogP contribution in [0.1, 0.15) is 12.5 Å². The van der Waals surface area contributed by atoms with E-state index in [2.05, 4.69) is 15.0 Å². The second-order valence-electron chi connectivity index (χ2n) is 2.68. The van der Waals surface area contributed by atoms with Crippen LogP contribution in [-0.4, -0.2) is 18.1 Å². The van der Waals surface area contributed by atoms with Crippen molar-refractivity contribution in [2.45, 2.75) is 6.92 Å². The van der Waals surface area contributed by atoms with E-state index in [4.69, 9.17) is 10.3 Å². The molecule has 0 aliphatic carbocycles. The number of aromatic nitrogens is 1. The Morgan fingerprint density at radius 3 is 3.07 bits per heavy atom. The Kier molecular flexibility index (Phi) is 4.77. The van der Waals surface area contributed by atoms with Crippen LogP contribution in [-0.2, 0) is 0 Å². The van der Waals surface area contributed by atoms with Crippen molar-refractivity contribution in [2.24, 2.45) is 5.11 Å². The molecular formula is C10H12N4O. The molecule has 0 radical (unpaired) electrons. The normalized spacial score (nSPS) is 9.93. The number of ether oxygens (including phenoxy) is 1. The zero-order chi connectivity index (χ0) is 10.9. The summed E-state index contributed by atoms with van der Waals surface area (Å²) in [4.78, 5) is 6.73. The van der Waals surface area contributed by atoms with Gasteiger partial charge < -0.3 is 4.74 Å². The van der Waals surface area contributed by atoms with Crippen molar-refractivity contribution in [1.29, 1.82) is 0 Å². The molecule has 1 heterocycles. The largest absolute Gasteiger partial charge is 0.478 e. The first-order chi connectivity index (χ1) is 7.36. The Morgan fingerprint density at radius 1 is 1.60 bits per heavy atom. The molecule has 0 aromatic carbocycles. The molecule has 0 aliphatic heterocycles. The maximum absolute atomic E-state index is 8.05. The summed E-state index contributed by atoms with van der Waals surface area (Å²) in [6.45, 7) is 2.87. The summed E-state index contributed by atoms with van der Waals surface area (Å²) in [5.74, 6) is 0.615. The van der Waals surface area contributed by atoms with E-state index in [-0.39, 0.29) is 0 Å². The van der Waals surface area contributed by atoms with Crippen LogP contribution in [0.5, 0.6) is 5.88 Å². The Bertz CT molecular complexity index is 366. The van der Waals surface area contributed by atoms with E-state index in [1.165, 1.54) is 0 Å². The average Bonchev–Trinajstić information content (AvgIpc) is 2.27. The van der Waals surface area contributed by atoms with Gasteiger partial charge in [-0.05, 0) is 24.1 Å². The predicted molar refractivity (Wildman–Crippen MR) is 58.5 cm³/mol. The van der Waals surface area contributed by atoms with Crippen LogP contribution in [0.3, 0.4) is 0 Å². The topological polar surface area (TPSA) is 70.9 Å². The van der Waals surface area contributed by atoms with Crippen molar-refractivity contribution in [2.75, 3.05) is 13.2 Å². The van der Waals surface area contributed by atoms with Crippen LogP contribution in [0.4, 0.5) is 0 Å². The molecule has 0 amide bonds. The molecule has 5 heteroatoms. The van der Waals surface area contributed by atoms with Gasteiger partial charge in [-0.2, -0.15) is 0 Å². The number of rotatable bonds is 5. The molecule has 0 saturated carbocycles. The molecule has 0 atom stereocenters. The molecule has 0 fully saturated rings. The number of hydrogen-bond acceptors (Lipinski definition) is 3. The lowest BCUT2D eigenvalue weighted by molar-refractivity contribution is 0.327. The van der Waals surface area contributed by atoms with E-state index in [0.29, 0.717) is 19.0 Å². The molecule has 1 aromatic rings. The number of hydrogen-bond donors (Lipinski definition) is 0. The standard InChI is InChI=1S/C10H12N4O/c1-2-15-10-6-5-9(8-12-10)4-3-7-13-14-11/h3-6,8H,2,7H2,1H3. The van der Waals surface area contributed by atoms with Gasteiger partial charge in [-0.15, -0.1) is 0 Å². The van der Waals surface area contributed by atoms with E-state index >= 15 is 0 Å². The zero-order valence-corrected chi connectivity index (χ0v) is 8.50. The molecule has 15 heavy (non-hydrogen) atoms. The smallest absolute Gasteiger partial charge is 0.213 e. The summed E-state index contributed by atoms with van der Waals surface area (Å²) < 4.78 is 5.20. The van der Waals surface area contributed by atoms with Gasteiger partial charge >= 0.3 is 0 Å². The van der Waals surface area contributed by atoms with E-state index < -0.39 is 0 Å². The third kappa shape index (κ3) is 4.15. The summed E-state index contributed by atoms with van der Waals surface area (Å²) in [6, 6.07) is 3.70. The minimum atomic E-state index is 0.351. The third-order valence-corrected chi connectivity index (χ3v) is 1.61. The van der Waals surface area contributed by atoms with Crippen LogP contribution in [0, 0.1) is 0 Å². The first kappa shape index (κ1) is 11.1. The SMILES string of the molecule is CCOc1ccc(C=CCN=[N+]=[N-])cn1. The lowest BCUT2D eigenvalue weighted by Gasteiger charge is -2.00. The van der Waals surface area contributed by atoms with Crippen molar-refractivity contribution in [3.05, 3.63) is 40.4 Å². The Morgan fingerprint density at radius 2 is 2.47 bits per heavy atom. The first-order valence-electron chi connectivity index (χ1n) is 4.63. The van der Waals surface area contributed by atoms with Gasteiger partial charge in [0.15, 0.2) is 0 Å².